The van der Waals surface area contributed by atoms with Crippen LogP contribution in [-0.4, -0.2) is 41.3 Å². The first kappa shape index (κ1) is 20.0. The van der Waals surface area contributed by atoms with E-state index in [1.54, 1.807) is 6.20 Å². The molecule has 1 aliphatic heterocycles. The minimum absolute atomic E-state index is 0.336. The van der Waals surface area contributed by atoms with Crippen LogP contribution in [0, 0.1) is 5.41 Å². The molecule has 160 valence electrons. The molecule has 0 amide bonds. The summed E-state index contributed by atoms with van der Waals surface area (Å²) in [7, 11) is 0. The molecular weight excluding hydrogens is 398 g/mol. The van der Waals surface area contributed by atoms with Crippen molar-refractivity contribution in [3.05, 3.63) is 35.5 Å². The maximum Gasteiger partial charge on any atom is 0.126 e. The van der Waals surface area contributed by atoms with Crippen molar-refractivity contribution in [1.82, 2.24) is 9.97 Å². The Bertz CT molecular complexity index is 893. The molecule has 2 aliphatic carbocycles. The Morgan fingerprint density at radius 2 is 1.87 bits per heavy atom. The highest BCUT2D eigenvalue weighted by Gasteiger charge is 2.54. The Kier molecular flexibility index (Phi) is 5.56. The van der Waals surface area contributed by atoms with Crippen LogP contribution < -0.4 is 16.4 Å². The molecule has 7 heteroatoms. The van der Waals surface area contributed by atoms with Gasteiger partial charge in [-0.3, -0.25) is 0 Å². The van der Waals surface area contributed by atoms with Crippen LogP contribution in [0.15, 0.2) is 30.5 Å². The second-order valence-electron chi connectivity index (χ2n) is 9.09. The van der Waals surface area contributed by atoms with Gasteiger partial charge in [0.1, 0.15) is 11.6 Å². The molecule has 1 spiro atoms. The summed E-state index contributed by atoms with van der Waals surface area (Å²) in [6, 6.07) is 9.34. The Morgan fingerprint density at radius 3 is 2.67 bits per heavy atom. The number of rotatable bonds is 5. The van der Waals surface area contributed by atoms with Crippen molar-refractivity contribution >= 4 is 23.2 Å². The van der Waals surface area contributed by atoms with Gasteiger partial charge in [-0.05, 0) is 68.6 Å². The van der Waals surface area contributed by atoms with Crippen molar-refractivity contribution in [3.63, 3.8) is 0 Å². The molecule has 1 saturated heterocycles. The van der Waals surface area contributed by atoms with E-state index in [0.29, 0.717) is 28.6 Å². The standard InChI is InChI=1S/C23H30ClN5O/c24-18-14-26-22(27-16-6-4-15(25)5-7-16)12-17(18)19-2-1-3-21(28-19)29-20-13-23(20)8-10-30-11-9-23/h1-3,12,14-16,20H,4-11,13,25H2,(H,26,27)(H,28,29)/t15?,16?,20-/m1/s1. The summed E-state index contributed by atoms with van der Waals surface area (Å²) in [6.07, 6.45) is 9.47. The summed E-state index contributed by atoms with van der Waals surface area (Å²) < 4.78 is 5.53. The fourth-order valence-electron chi connectivity index (χ4n) is 4.91. The molecule has 2 aromatic heterocycles. The Morgan fingerprint density at radius 1 is 1.07 bits per heavy atom. The molecule has 2 saturated carbocycles. The molecule has 0 aromatic carbocycles. The third-order valence-electron chi connectivity index (χ3n) is 7.00. The number of hydrogen-bond donors (Lipinski definition) is 3. The maximum absolute atomic E-state index is 6.50. The molecule has 1 atom stereocenters. The predicted octanol–water partition coefficient (Wildman–Crippen LogP) is 4.46. The number of pyridine rings is 2. The first-order valence-corrected chi connectivity index (χ1v) is 11.5. The molecule has 5 rings (SSSR count). The molecule has 3 heterocycles. The van der Waals surface area contributed by atoms with Crippen molar-refractivity contribution in [2.24, 2.45) is 11.1 Å². The van der Waals surface area contributed by atoms with Gasteiger partial charge in [0.05, 0.1) is 10.7 Å². The third-order valence-corrected chi connectivity index (χ3v) is 7.31. The van der Waals surface area contributed by atoms with Gasteiger partial charge >= 0.3 is 0 Å². The van der Waals surface area contributed by atoms with Crippen LogP contribution in [0.25, 0.3) is 11.3 Å². The second-order valence-corrected chi connectivity index (χ2v) is 9.50. The van der Waals surface area contributed by atoms with E-state index in [-0.39, 0.29) is 0 Å². The van der Waals surface area contributed by atoms with Crippen LogP contribution in [0.3, 0.4) is 0 Å². The topological polar surface area (TPSA) is 85.1 Å². The van der Waals surface area contributed by atoms with Crippen molar-refractivity contribution in [2.45, 2.75) is 63.1 Å². The number of nitrogens with zero attached hydrogens (tertiary/aromatic N) is 2. The van der Waals surface area contributed by atoms with E-state index in [2.05, 4.69) is 15.6 Å². The average Bonchev–Trinajstić information content (AvgIpc) is 3.41. The van der Waals surface area contributed by atoms with Crippen LogP contribution in [0.5, 0.6) is 0 Å². The zero-order valence-electron chi connectivity index (χ0n) is 17.2. The molecule has 3 fully saturated rings. The fraction of sp³-hybridized carbons (Fsp3) is 0.565. The second kappa shape index (κ2) is 8.33. The van der Waals surface area contributed by atoms with Crippen LogP contribution >= 0.6 is 11.6 Å². The van der Waals surface area contributed by atoms with Crippen molar-refractivity contribution < 1.29 is 4.74 Å². The number of ether oxygens (including phenoxy) is 1. The predicted molar refractivity (Wildman–Crippen MR) is 121 cm³/mol. The first-order chi connectivity index (χ1) is 14.6. The van der Waals surface area contributed by atoms with Gasteiger partial charge in [-0.2, -0.15) is 0 Å². The van der Waals surface area contributed by atoms with E-state index in [4.69, 9.17) is 27.1 Å². The number of halogens is 1. The maximum atomic E-state index is 6.50. The summed E-state index contributed by atoms with van der Waals surface area (Å²) in [5, 5.41) is 7.81. The molecule has 3 aliphatic rings. The number of nitrogens with two attached hydrogens (primary N) is 1. The highest BCUT2D eigenvalue weighted by Crippen LogP contribution is 2.54. The number of nitrogens with one attached hydrogen (secondary N) is 2. The van der Waals surface area contributed by atoms with E-state index in [1.807, 2.05) is 24.3 Å². The Labute approximate surface area is 183 Å². The van der Waals surface area contributed by atoms with Crippen molar-refractivity contribution in [3.8, 4) is 11.3 Å². The molecule has 6 nitrogen and oxygen atoms in total. The van der Waals surface area contributed by atoms with E-state index in [9.17, 15) is 0 Å². The lowest BCUT2D eigenvalue weighted by molar-refractivity contribution is 0.0567. The van der Waals surface area contributed by atoms with Gasteiger partial charge in [-0.1, -0.05) is 17.7 Å². The van der Waals surface area contributed by atoms with Crippen LogP contribution in [-0.2, 0) is 4.74 Å². The monoisotopic (exact) mass is 427 g/mol. The number of hydrogen-bond acceptors (Lipinski definition) is 6. The van der Waals surface area contributed by atoms with Crippen molar-refractivity contribution in [2.75, 3.05) is 23.8 Å². The molecule has 30 heavy (non-hydrogen) atoms. The van der Waals surface area contributed by atoms with Gasteiger partial charge in [0.2, 0.25) is 0 Å². The molecule has 0 radical (unpaired) electrons. The summed E-state index contributed by atoms with van der Waals surface area (Å²) in [6.45, 7) is 1.75. The molecule has 0 unspecified atom stereocenters. The van der Waals surface area contributed by atoms with Crippen LogP contribution in [0.4, 0.5) is 11.6 Å². The summed E-state index contributed by atoms with van der Waals surface area (Å²) in [5.41, 5.74) is 8.20. The highest BCUT2D eigenvalue weighted by molar-refractivity contribution is 6.33. The quantitative estimate of drug-likeness (QED) is 0.653. The zero-order chi connectivity index (χ0) is 20.6. The van der Waals surface area contributed by atoms with Gasteiger partial charge < -0.3 is 21.1 Å². The van der Waals surface area contributed by atoms with Gasteiger partial charge in [-0.25, -0.2) is 9.97 Å². The van der Waals surface area contributed by atoms with Crippen LogP contribution in [0.2, 0.25) is 5.02 Å². The lowest BCUT2D eigenvalue weighted by Crippen LogP contribution is -2.33. The van der Waals surface area contributed by atoms with E-state index in [1.165, 1.54) is 6.42 Å². The fourth-order valence-corrected chi connectivity index (χ4v) is 5.11. The lowest BCUT2D eigenvalue weighted by atomic mass is 9.92. The normalized spacial score (nSPS) is 27.6. The van der Waals surface area contributed by atoms with E-state index >= 15 is 0 Å². The minimum Gasteiger partial charge on any atom is -0.381 e. The minimum atomic E-state index is 0.336. The zero-order valence-corrected chi connectivity index (χ0v) is 18.0. The molecule has 2 aromatic rings. The van der Waals surface area contributed by atoms with Gasteiger partial charge in [-0.15, -0.1) is 0 Å². The number of aromatic nitrogens is 2. The molecular formula is C23H30ClN5O. The molecule has 4 N–H and O–H groups in total. The average molecular weight is 428 g/mol. The van der Waals surface area contributed by atoms with E-state index in [0.717, 1.165) is 74.6 Å². The molecule has 0 bridgehead atoms. The lowest BCUT2D eigenvalue weighted by Gasteiger charge is -2.27. The summed E-state index contributed by atoms with van der Waals surface area (Å²) >= 11 is 6.50. The Balaban J connectivity index is 1.30. The Hall–Kier alpha value is -1.89. The number of anilines is 2. The largest absolute Gasteiger partial charge is 0.381 e. The van der Waals surface area contributed by atoms with Crippen molar-refractivity contribution in [1.29, 1.82) is 0 Å². The first-order valence-electron chi connectivity index (χ1n) is 11.1. The highest BCUT2D eigenvalue weighted by atomic mass is 35.5. The summed E-state index contributed by atoms with van der Waals surface area (Å²) in [4.78, 5) is 9.35. The van der Waals surface area contributed by atoms with E-state index < -0.39 is 0 Å². The van der Waals surface area contributed by atoms with Gasteiger partial charge in [0, 0.05) is 43.1 Å². The van der Waals surface area contributed by atoms with Crippen LogP contribution in [0.1, 0.15) is 44.9 Å². The SMILES string of the molecule is NC1CCC(Nc2cc(-c3cccc(N[C@@H]4CC45CCOCC5)n3)c(Cl)cn2)CC1. The van der Waals surface area contributed by atoms with Gasteiger partial charge in [0.15, 0.2) is 0 Å². The van der Waals surface area contributed by atoms with Gasteiger partial charge in [0.25, 0.3) is 0 Å². The third kappa shape index (κ3) is 4.27. The smallest absolute Gasteiger partial charge is 0.126 e. The summed E-state index contributed by atoms with van der Waals surface area (Å²) in [5.74, 6) is 1.75.